The van der Waals surface area contributed by atoms with Gasteiger partial charge in [0.25, 0.3) is 0 Å². The van der Waals surface area contributed by atoms with Crippen molar-refractivity contribution >= 4 is 51.1 Å². The smallest absolute Gasteiger partial charge is 0.147 e. The van der Waals surface area contributed by atoms with Crippen LogP contribution in [0.5, 0.6) is 0 Å². The van der Waals surface area contributed by atoms with Crippen LogP contribution in [0.3, 0.4) is 0 Å². The number of halogens is 1. The van der Waals surface area contributed by atoms with Crippen LogP contribution in [-0.4, -0.2) is 28.5 Å². The van der Waals surface area contributed by atoms with Crippen molar-refractivity contribution in [1.29, 1.82) is 5.26 Å². The van der Waals surface area contributed by atoms with Crippen molar-refractivity contribution in [3.63, 3.8) is 0 Å². The summed E-state index contributed by atoms with van der Waals surface area (Å²) >= 11 is 0. The predicted octanol–water partition coefficient (Wildman–Crippen LogP) is 3.60. The summed E-state index contributed by atoms with van der Waals surface area (Å²) < 4.78 is 20.6. The minimum absolute atomic E-state index is 0.0546. The lowest BCUT2D eigenvalue weighted by atomic mass is 9.46. The molecule has 2 aromatic carbocycles. The lowest BCUT2D eigenvalue weighted by Crippen LogP contribution is -2.34. The average molecular weight is 374 g/mol. The molecule has 0 bridgehead atoms. The monoisotopic (exact) mass is 374 g/mol. The summed E-state index contributed by atoms with van der Waals surface area (Å²) in [5.74, 6) is -0.480. The van der Waals surface area contributed by atoms with Crippen LogP contribution in [0.4, 0.5) is 4.39 Å². The molecule has 0 unspecified atom stereocenters. The van der Waals surface area contributed by atoms with Crippen molar-refractivity contribution in [2.75, 3.05) is 0 Å². The van der Waals surface area contributed by atoms with E-state index in [0.29, 0.717) is 44.3 Å². The molecule has 6 radical (unpaired) electrons. The number of hydrogen-bond donors (Lipinski definition) is 0. The molecule has 0 N–H and O–H groups in total. The molecule has 0 aliphatic heterocycles. The van der Waals surface area contributed by atoms with Gasteiger partial charge in [-0.15, -0.1) is 0 Å². The SMILES string of the molecule is [B]c1cc(C([B])([B])C(C)C)cc(-c2ccc(F)c3c2oc2cc(C#N)ccc23)n1. The molecule has 0 spiro atoms. The second-order valence-corrected chi connectivity index (χ2v) is 7.48. The molecule has 0 saturated heterocycles. The number of benzene rings is 2. The molecule has 2 aromatic heterocycles. The van der Waals surface area contributed by atoms with Crippen LogP contribution < -0.4 is 5.59 Å². The van der Waals surface area contributed by atoms with E-state index in [1.807, 2.05) is 13.8 Å². The minimum Gasteiger partial charge on any atom is -0.455 e. The molecule has 134 valence electrons. The van der Waals surface area contributed by atoms with Crippen LogP contribution >= 0.6 is 0 Å². The molecule has 0 atom stereocenters. The maximum atomic E-state index is 14.7. The number of hydrogen-bond acceptors (Lipinski definition) is 3. The van der Waals surface area contributed by atoms with Gasteiger partial charge in [-0.25, -0.2) is 4.39 Å². The van der Waals surface area contributed by atoms with Gasteiger partial charge in [0.2, 0.25) is 0 Å². The lowest BCUT2D eigenvalue weighted by molar-refractivity contribution is 0.570. The van der Waals surface area contributed by atoms with Crippen molar-refractivity contribution in [3.8, 4) is 17.3 Å². The van der Waals surface area contributed by atoms with Crippen molar-refractivity contribution in [3.05, 3.63) is 59.4 Å². The van der Waals surface area contributed by atoms with Crippen molar-refractivity contribution in [1.82, 2.24) is 4.98 Å². The van der Waals surface area contributed by atoms with Crippen LogP contribution in [0.1, 0.15) is 25.0 Å². The number of aromatic nitrogens is 1. The molecule has 29 heavy (non-hydrogen) atoms. The van der Waals surface area contributed by atoms with Gasteiger partial charge in [0.05, 0.1) is 38.4 Å². The summed E-state index contributed by atoms with van der Waals surface area (Å²) in [6.07, 6.45) is 0. The fraction of sp³-hybridized carbons (Fsp3) is 0.182. The molecule has 0 saturated carbocycles. The molecular weight excluding hydrogens is 360 g/mol. The van der Waals surface area contributed by atoms with E-state index in [2.05, 4.69) is 11.1 Å². The Kier molecular flexibility index (Phi) is 4.54. The van der Waals surface area contributed by atoms with E-state index in [4.69, 9.17) is 33.2 Å². The van der Waals surface area contributed by atoms with Crippen molar-refractivity contribution in [2.24, 2.45) is 5.92 Å². The number of nitrogens with zero attached hydrogens (tertiary/aromatic N) is 2. The van der Waals surface area contributed by atoms with E-state index in [-0.39, 0.29) is 11.5 Å². The fourth-order valence-electron chi connectivity index (χ4n) is 3.38. The van der Waals surface area contributed by atoms with Crippen LogP contribution in [0, 0.1) is 23.1 Å². The molecule has 7 heteroatoms. The first-order chi connectivity index (χ1) is 13.7. The van der Waals surface area contributed by atoms with Gasteiger partial charge >= 0.3 is 0 Å². The largest absolute Gasteiger partial charge is 0.455 e. The van der Waals surface area contributed by atoms with Crippen LogP contribution in [-0.2, 0) is 5.21 Å². The number of rotatable bonds is 3. The summed E-state index contributed by atoms with van der Waals surface area (Å²) in [4.78, 5) is 4.39. The van der Waals surface area contributed by atoms with Crippen LogP contribution in [0.15, 0.2) is 46.9 Å². The Morgan fingerprint density at radius 1 is 1.14 bits per heavy atom. The van der Waals surface area contributed by atoms with Crippen molar-refractivity contribution < 1.29 is 8.81 Å². The first-order valence-electron chi connectivity index (χ1n) is 9.13. The van der Waals surface area contributed by atoms with Gasteiger partial charge < -0.3 is 4.42 Å². The quantitative estimate of drug-likeness (QED) is 0.515. The van der Waals surface area contributed by atoms with Gasteiger partial charge in [-0.3, -0.25) is 4.98 Å². The Balaban J connectivity index is 2.01. The zero-order chi connectivity index (χ0) is 20.9. The lowest BCUT2D eigenvalue weighted by Gasteiger charge is -2.31. The summed E-state index contributed by atoms with van der Waals surface area (Å²) in [6, 6.07) is 13.3. The zero-order valence-electron chi connectivity index (χ0n) is 16.0. The van der Waals surface area contributed by atoms with Crippen LogP contribution in [0.2, 0.25) is 0 Å². The highest BCUT2D eigenvalue weighted by Crippen LogP contribution is 2.38. The second-order valence-electron chi connectivity index (χ2n) is 7.48. The second kappa shape index (κ2) is 6.81. The van der Waals surface area contributed by atoms with Gasteiger partial charge in [-0.1, -0.05) is 30.5 Å². The third-order valence-electron chi connectivity index (χ3n) is 5.28. The molecule has 2 heterocycles. The molecule has 0 amide bonds. The molecule has 0 fully saturated rings. The van der Waals surface area contributed by atoms with E-state index < -0.39 is 11.0 Å². The zero-order valence-corrected chi connectivity index (χ0v) is 16.0. The maximum Gasteiger partial charge on any atom is 0.147 e. The molecule has 4 rings (SSSR count). The highest BCUT2D eigenvalue weighted by Gasteiger charge is 2.25. The van der Waals surface area contributed by atoms with Gasteiger partial charge in [-0.2, -0.15) is 5.26 Å². The van der Waals surface area contributed by atoms with E-state index in [0.717, 1.165) is 0 Å². The summed E-state index contributed by atoms with van der Waals surface area (Å²) in [7, 11) is 18.6. The average Bonchev–Trinajstić information content (AvgIpc) is 3.06. The highest BCUT2D eigenvalue weighted by atomic mass is 19.1. The minimum atomic E-state index is -1.11. The molecule has 0 aliphatic rings. The number of nitriles is 1. The molecular formula is C22H14B3FN2O. The first kappa shape index (κ1) is 19.3. The van der Waals surface area contributed by atoms with E-state index >= 15 is 0 Å². The maximum absolute atomic E-state index is 14.7. The first-order valence-corrected chi connectivity index (χ1v) is 9.13. The van der Waals surface area contributed by atoms with E-state index in [1.54, 1.807) is 36.4 Å². The third-order valence-corrected chi connectivity index (χ3v) is 5.28. The third kappa shape index (κ3) is 3.13. The van der Waals surface area contributed by atoms with Gasteiger partial charge in [-0.05, 0) is 48.1 Å². The molecule has 3 nitrogen and oxygen atoms in total. The van der Waals surface area contributed by atoms with Gasteiger partial charge in [0.15, 0.2) is 0 Å². The molecule has 4 aromatic rings. The highest BCUT2D eigenvalue weighted by molar-refractivity contribution is 6.40. The number of pyridine rings is 1. The topological polar surface area (TPSA) is 49.8 Å². The Bertz CT molecular complexity index is 1310. The van der Waals surface area contributed by atoms with Crippen molar-refractivity contribution in [2.45, 2.75) is 19.1 Å². The Hall–Kier alpha value is -3.00. The van der Waals surface area contributed by atoms with E-state index in [9.17, 15) is 4.39 Å². The summed E-state index contributed by atoms with van der Waals surface area (Å²) in [5.41, 5.74) is 3.08. The van der Waals surface area contributed by atoms with E-state index in [1.165, 1.54) is 6.07 Å². The molecule has 0 aliphatic carbocycles. The Labute approximate surface area is 172 Å². The number of furan rings is 1. The Morgan fingerprint density at radius 2 is 1.90 bits per heavy atom. The standard InChI is InChI=1S/C22H14B3FN2O/c1-11(2)22(24,25)13-8-17(28-19(23)9-13)14-5-6-16(26)20-15-4-3-12(10-27)7-18(15)29-21(14)20/h3-9,11H,1-2H3. The summed E-state index contributed by atoms with van der Waals surface area (Å²) in [5, 5.41) is 8.92. The number of fused-ring (bicyclic) bond motifs is 3. The van der Waals surface area contributed by atoms with Gasteiger partial charge in [0.1, 0.15) is 24.8 Å². The fourth-order valence-corrected chi connectivity index (χ4v) is 3.38. The normalized spacial score (nSPS) is 12.0. The van der Waals surface area contributed by atoms with Crippen LogP contribution in [0.25, 0.3) is 33.2 Å². The van der Waals surface area contributed by atoms with Gasteiger partial charge in [0, 0.05) is 10.9 Å². The Morgan fingerprint density at radius 3 is 2.59 bits per heavy atom. The summed E-state index contributed by atoms with van der Waals surface area (Å²) in [6.45, 7) is 3.83. The predicted molar refractivity (Wildman–Crippen MR) is 115 cm³/mol.